The van der Waals surface area contributed by atoms with Gasteiger partial charge in [-0.1, -0.05) is 0 Å². The van der Waals surface area contributed by atoms with Crippen molar-refractivity contribution in [1.29, 1.82) is 0 Å². The molecule has 0 aliphatic carbocycles. The third-order valence-corrected chi connectivity index (χ3v) is 2.54. The lowest BCUT2D eigenvalue weighted by molar-refractivity contribution is 0.0545. The first-order chi connectivity index (χ1) is 11.4. The molecular weight excluding hydrogens is 326 g/mol. The van der Waals surface area contributed by atoms with E-state index in [4.69, 9.17) is 9.47 Å². The number of amides is 2. The standard InChI is InChI=1S/C16H27N5O4/c1-15(2,3)24-13(22)19-12(20-14(23)25-16(4,5)6)18-10-11-17-8-9-21(11)7/h8-9H,10H2,1-7H3,(H2,18,19,20,22,23). The molecule has 1 aromatic rings. The number of ether oxygens (including phenoxy) is 2. The summed E-state index contributed by atoms with van der Waals surface area (Å²) in [6.45, 7) is 10.6. The smallest absolute Gasteiger partial charge is 0.414 e. The third-order valence-electron chi connectivity index (χ3n) is 2.54. The van der Waals surface area contributed by atoms with Gasteiger partial charge in [-0.2, -0.15) is 0 Å². The Bertz CT molecular complexity index is 606. The van der Waals surface area contributed by atoms with Gasteiger partial charge in [0.25, 0.3) is 0 Å². The lowest BCUT2D eigenvalue weighted by Gasteiger charge is -2.22. The van der Waals surface area contributed by atoms with Crippen LogP contribution in [0.5, 0.6) is 0 Å². The van der Waals surface area contributed by atoms with E-state index in [1.165, 1.54) is 0 Å². The van der Waals surface area contributed by atoms with Crippen molar-refractivity contribution in [3.05, 3.63) is 18.2 Å². The van der Waals surface area contributed by atoms with Gasteiger partial charge in [-0.05, 0) is 41.5 Å². The van der Waals surface area contributed by atoms with Crippen molar-refractivity contribution in [3.8, 4) is 0 Å². The maximum Gasteiger partial charge on any atom is 0.414 e. The van der Waals surface area contributed by atoms with E-state index in [1.807, 2.05) is 7.05 Å². The topological polar surface area (TPSA) is 107 Å². The number of carbonyl (C=O) groups is 2. The van der Waals surface area contributed by atoms with Crippen molar-refractivity contribution >= 4 is 18.1 Å². The van der Waals surface area contributed by atoms with Gasteiger partial charge in [-0.15, -0.1) is 0 Å². The number of hydrogen-bond acceptors (Lipinski definition) is 6. The predicted molar refractivity (Wildman–Crippen MR) is 93.1 cm³/mol. The molecule has 0 radical (unpaired) electrons. The zero-order valence-electron chi connectivity index (χ0n) is 15.8. The molecule has 0 atom stereocenters. The second-order valence-electron chi connectivity index (χ2n) is 7.37. The summed E-state index contributed by atoms with van der Waals surface area (Å²) < 4.78 is 12.1. The Hall–Kier alpha value is -2.58. The summed E-state index contributed by atoms with van der Waals surface area (Å²) in [5, 5.41) is 4.82. The van der Waals surface area contributed by atoms with Crippen LogP contribution in [0.25, 0.3) is 0 Å². The molecule has 140 valence electrons. The van der Waals surface area contributed by atoms with Crippen molar-refractivity contribution in [1.82, 2.24) is 20.2 Å². The lowest BCUT2D eigenvalue weighted by atomic mass is 10.2. The molecule has 1 aromatic heterocycles. The molecule has 0 aliphatic rings. The van der Waals surface area contributed by atoms with Crippen molar-refractivity contribution in [2.45, 2.75) is 59.3 Å². The van der Waals surface area contributed by atoms with Crippen LogP contribution >= 0.6 is 0 Å². The fourth-order valence-corrected chi connectivity index (χ4v) is 1.61. The van der Waals surface area contributed by atoms with E-state index in [9.17, 15) is 9.59 Å². The van der Waals surface area contributed by atoms with Crippen molar-refractivity contribution in [3.63, 3.8) is 0 Å². The van der Waals surface area contributed by atoms with Crippen LogP contribution in [0.1, 0.15) is 47.4 Å². The number of nitrogens with one attached hydrogen (secondary N) is 2. The number of guanidine groups is 1. The fourth-order valence-electron chi connectivity index (χ4n) is 1.61. The van der Waals surface area contributed by atoms with Gasteiger partial charge >= 0.3 is 12.2 Å². The summed E-state index contributed by atoms with van der Waals surface area (Å²) in [6, 6.07) is 0. The minimum Gasteiger partial charge on any atom is -0.444 e. The predicted octanol–water partition coefficient (Wildman–Crippen LogP) is 2.33. The molecule has 0 spiro atoms. The molecule has 0 aliphatic heterocycles. The van der Waals surface area contributed by atoms with Crippen molar-refractivity contribution in [2.75, 3.05) is 0 Å². The van der Waals surface area contributed by atoms with Gasteiger partial charge in [0.2, 0.25) is 5.96 Å². The Labute approximate surface area is 147 Å². The monoisotopic (exact) mass is 353 g/mol. The second kappa shape index (κ2) is 8.00. The first kappa shape index (κ1) is 20.5. The molecule has 0 saturated carbocycles. The van der Waals surface area contributed by atoms with Crippen LogP contribution in [0.3, 0.4) is 0 Å². The zero-order chi connectivity index (χ0) is 19.3. The van der Waals surface area contributed by atoms with Gasteiger partial charge in [0.1, 0.15) is 23.6 Å². The molecule has 1 rings (SSSR count). The molecule has 9 nitrogen and oxygen atoms in total. The van der Waals surface area contributed by atoms with Gasteiger partial charge in [0.15, 0.2) is 0 Å². The second-order valence-corrected chi connectivity index (χ2v) is 7.37. The number of carbonyl (C=O) groups excluding carboxylic acids is 2. The van der Waals surface area contributed by atoms with Crippen molar-refractivity contribution < 1.29 is 19.1 Å². The van der Waals surface area contributed by atoms with Gasteiger partial charge in [0.05, 0.1) is 0 Å². The molecule has 1 heterocycles. The molecule has 0 saturated heterocycles. The number of aliphatic imine (C=N–C) groups is 1. The van der Waals surface area contributed by atoms with Crippen LogP contribution in [-0.4, -0.2) is 38.9 Å². The SMILES string of the molecule is Cn1ccnc1CN=C(NC(=O)OC(C)(C)C)NC(=O)OC(C)(C)C. The van der Waals surface area contributed by atoms with Crippen molar-refractivity contribution in [2.24, 2.45) is 12.0 Å². The fraction of sp³-hybridized carbons (Fsp3) is 0.625. The quantitative estimate of drug-likeness (QED) is 0.627. The minimum absolute atomic E-state index is 0.0773. The summed E-state index contributed by atoms with van der Waals surface area (Å²) in [5.74, 6) is 0.584. The van der Waals surface area contributed by atoms with E-state index in [0.29, 0.717) is 5.82 Å². The molecule has 0 fully saturated rings. The van der Waals surface area contributed by atoms with E-state index in [-0.39, 0.29) is 12.5 Å². The summed E-state index contributed by atoms with van der Waals surface area (Å²) in [4.78, 5) is 32.2. The molecule has 0 unspecified atom stereocenters. The number of imidazole rings is 1. The highest BCUT2D eigenvalue weighted by Crippen LogP contribution is 2.08. The normalized spacial score (nSPS) is 11.5. The van der Waals surface area contributed by atoms with Crippen LogP contribution in [0, 0.1) is 0 Å². The highest BCUT2D eigenvalue weighted by Gasteiger charge is 2.21. The van der Waals surface area contributed by atoms with E-state index < -0.39 is 23.4 Å². The third kappa shape index (κ3) is 8.73. The largest absolute Gasteiger partial charge is 0.444 e. The maximum absolute atomic E-state index is 11.9. The summed E-state index contributed by atoms with van der Waals surface area (Å²) in [6.07, 6.45) is 1.93. The summed E-state index contributed by atoms with van der Waals surface area (Å²) in [5.41, 5.74) is -1.36. The number of hydrogen-bond donors (Lipinski definition) is 2. The average Bonchev–Trinajstić information content (AvgIpc) is 2.76. The number of nitrogens with zero attached hydrogens (tertiary/aromatic N) is 3. The van der Waals surface area contributed by atoms with Crippen LogP contribution in [0.4, 0.5) is 9.59 Å². The Morgan fingerprint density at radius 3 is 1.92 bits per heavy atom. The van der Waals surface area contributed by atoms with Gasteiger partial charge in [-0.3, -0.25) is 10.6 Å². The molecule has 25 heavy (non-hydrogen) atoms. The van der Waals surface area contributed by atoms with Gasteiger partial charge in [-0.25, -0.2) is 19.6 Å². The average molecular weight is 353 g/mol. The van der Waals surface area contributed by atoms with Crippen LogP contribution in [0.15, 0.2) is 17.4 Å². The van der Waals surface area contributed by atoms with E-state index >= 15 is 0 Å². The van der Waals surface area contributed by atoms with E-state index in [2.05, 4.69) is 20.6 Å². The van der Waals surface area contributed by atoms with Crippen LogP contribution < -0.4 is 10.6 Å². The Balaban J connectivity index is 2.84. The van der Waals surface area contributed by atoms with Crippen LogP contribution in [0.2, 0.25) is 0 Å². The van der Waals surface area contributed by atoms with Gasteiger partial charge in [0, 0.05) is 19.4 Å². The first-order valence-corrected chi connectivity index (χ1v) is 7.86. The number of alkyl carbamates (subject to hydrolysis) is 2. The highest BCUT2D eigenvalue weighted by molar-refractivity contribution is 6.01. The minimum atomic E-state index is -0.734. The van der Waals surface area contributed by atoms with E-state index in [1.54, 1.807) is 58.5 Å². The van der Waals surface area contributed by atoms with E-state index in [0.717, 1.165) is 0 Å². The Morgan fingerprint density at radius 2 is 1.56 bits per heavy atom. The first-order valence-electron chi connectivity index (χ1n) is 7.86. The molecule has 2 N–H and O–H groups in total. The molecule has 0 aromatic carbocycles. The molecule has 0 bridgehead atoms. The van der Waals surface area contributed by atoms with Gasteiger partial charge < -0.3 is 14.0 Å². The summed E-state index contributed by atoms with van der Waals surface area (Å²) in [7, 11) is 1.82. The highest BCUT2D eigenvalue weighted by atomic mass is 16.6. The Kier molecular flexibility index (Phi) is 6.55. The zero-order valence-corrected chi connectivity index (χ0v) is 15.8. The number of rotatable bonds is 2. The number of aryl methyl sites for hydroxylation is 1. The maximum atomic E-state index is 11.9. The molecular formula is C16H27N5O4. The Morgan fingerprint density at radius 1 is 1.08 bits per heavy atom. The lowest BCUT2D eigenvalue weighted by Crippen LogP contribution is -2.47. The summed E-state index contributed by atoms with van der Waals surface area (Å²) >= 11 is 0. The molecule has 2 amide bonds. The molecule has 9 heteroatoms. The number of aromatic nitrogens is 2. The van der Waals surface area contributed by atoms with Crippen LogP contribution in [-0.2, 0) is 23.1 Å².